The van der Waals surface area contributed by atoms with Gasteiger partial charge in [0.1, 0.15) is 8.74 Å². The average Bonchev–Trinajstić information content (AvgIpc) is 2.07. The van der Waals surface area contributed by atoms with E-state index >= 15 is 0 Å². The average molecular weight is 372 g/mol. The van der Waals surface area contributed by atoms with Crippen molar-refractivity contribution >= 4 is 59.4 Å². The Morgan fingerprint density at radius 3 is 2.85 bits per heavy atom. The molecule has 1 rings (SSSR count). The molecule has 0 aromatic heterocycles. The fraction of sp³-hybridized carbons (Fsp3) is 0.125. The van der Waals surface area contributed by atoms with Crippen LogP contribution in [0.25, 0.3) is 0 Å². The molecule has 0 heterocycles. The summed E-state index contributed by atoms with van der Waals surface area (Å²) in [6, 6.07) is 5.72. The second-order valence-corrected chi connectivity index (χ2v) is 5.32. The molecule has 0 aliphatic rings. The molecule has 0 fully saturated rings. The Hall–Kier alpha value is 0.120. The summed E-state index contributed by atoms with van der Waals surface area (Å²) in [5.74, 6) is 0.789. The number of rotatable bonds is 2. The van der Waals surface area contributed by atoms with Crippen molar-refractivity contribution in [1.82, 2.24) is 0 Å². The lowest BCUT2D eigenvalue weighted by atomic mass is 10.3. The predicted molar refractivity (Wildman–Crippen MR) is 70.9 cm³/mol. The first kappa shape index (κ1) is 11.2. The van der Waals surface area contributed by atoms with Crippen LogP contribution in [0.4, 0.5) is 5.69 Å². The maximum Gasteiger partial charge on any atom is 0.142 e. The Morgan fingerprint density at radius 1 is 1.62 bits per heavy atom. The lowest BCUT2D eigenvalue weighted by Crippen LogP contribution is -1.99. The largest absolute Gasteiger partial charge is 0.495 e. The summed E-state index contributed by atoms with van der Waals surface area (Å²) in [5, 5.41) is 3.02. The molecule has 0 saturated heterocycles. The van der Waals surface area contributed by atoms with Gasteiger partial charge in [0.2, 0.25) is 0 Å². The monoisotopic (exact) mass is 371 g/mol. The smallest absolute Gasteiger partial charge is 0.142 e. The molecule has 0 spiro atoms. The highest BCUT2D eigenvalue weighted by atomic mass is 127. The molecule has 70 valence electrons. The van der Waals surface area contributed by atoms with Crippen molar-refractivity contribution in [1.29, 1.82) is 0 Å². The maximum atomic E-state index is 5.13. The van der Waals surface area contributed by atoms with Crippen molar-refractivity contribution in [3.63, 3.8) is 0 Å². The number of nitrogens with one attached hydrogen (secondary N) is 1. The first-order valence-corrected chi connectivity index (χ1v) is 5.71. The Morgan fingerprint density at radius 2 is 2.31 bits per heavy atom. The van der Waals surface area contributed by atoms with Gasteiger partial charge in [-0.15, -0.1) is 0 Å². The Bertz CT molecular complexity index is 332. The Balaban J connectivity index is 2.92. The molecule has 0 bridgehead atoms. The molecule has 1 aromatic rings. The molecule has 5 heteroatoms. The van der Waals surface area contributed by atoms with E-state index in [9.17, 15) is 0 Å². The van der Waals surface area contributed by atoms with Gasteiger partial charge in [-0.1, -0.05) is 12.2 Å². The minimum Gasteiger partial charge on any atom is -0.495 e. The third-order valence-electron chi connectivity index (χ3n) is 1.39. The number of halogens is 2. The molecule has 1 aromatic carbocycles. The van der Waals surface area contributed by atoms with Crippen LogP contribution in [-0.4, -0.2) is 10.1 Å². The highest BCUT2D eigenvalue weighted by Gasteiger charge is 2.01. The van der Waals surface area contributed by atoms with Crippen LogP contribution in [0, 0.1) is 0 Å². The van der Waals surface area contributed by atoms with Crippen LogP contribution < -0.4 is 10.1 Å². The van der Waals surface area contributed by atoms with Crippen LogP contribution in [0.1, 0.15) is 0 Å². The molecule has 0 unspecified atom stereocenters. The minimum absolute atomic E-state index is 0.710. The first-order chi connectivity index (χ1) is 6.13. The molecule has 1 N–H and O–H groups in total. The highest BCUT2D eigenvalue weighted by molar-refractivity contribution is 14.1. The van der Waals surface area contributed by atoms with Crippen molar-refractivity contribution in [2.24, 2.45) is 0 Å². The second kappa shape index (κ2) is 5.11. The van der Waals surface area contributed by atoms with E-state index in [4.69, 9.17) is 17.0 Å². The van der Waals surface area contributed by atoms with Crippen LogP contribution in [0.5, 0.6) is 5.75 Å². The molecule has 13 heavy (non-hydrogen) atoms. The molecule has 2 nitrogen and oxygen atoms in total. The molecular formula is C8H7BrINOS. The predicted octanol–water partition coefficient (Wildman–Crippen LogP) is 3.59. The van der Waals surface area contributed by atoms with Gasteiger partial charge in [0.05, 0.1) is 11.6 Å². The summed E-state index contributed by atoms with van der Waals surface area (Å²) in [7, 11) is 1.63. The highest BCUT2D eigenvalue weighted by Crippen LogP contribution is 2.27. The van der Waals surface area contributed by atoms with Crippen molar-refractivity contribution in [2.75, 3.05) is 12.4 Å². The zero-order valence-corrected chi connectivity index (χ0v) is 11.4. The SMILES string of the molecule is COc1cc(NC(=S)I)ccc1Br. The van der Waals surface area contributed by atoms with Gasteiger partial charge in [-0.05, 0) is 50.7 Å². The summed E-state index contributed by atoms with van der Waals surface area (Å²) in [4.78, 5) is 0. The molecule has 0 saturated carbocycles. The second-order valence-electron chi connectivity index (χ2n) is 2.25. The van der Waals surface area contributed by atoms with Gasteiger partial charge in [0.15, 0.2) is 0 Å². The summed E-state index contributed by atoms with van der Waals surface area (Å²) in [6.07, 6.45) is 0. The van der Waals surface area contributed by atoms with Gasteiger partial charge in [-0.2, -0.15) is 0 Å². The standard InChI is InChI=1S/C8H7BrINOS/c1-12-7-4-5(11-8(10)13)2-3-6(7)9/h2-4H,1H3,(H,11,13). The van der Waals surface area contributed by atoms with E-state index in [1.165, 1.54) is 0 Å². The molecular weight excluding hydrogens is 365 g/mol. The number of thiocarbonyl (C=S) groups is 1. The van der Waals surface area contributed by atoms with Crippen molar-refractivity contribution in [2.45, 2.75) is 0 Å². The quantitative estimate of drug-likeness (QED) is 0.371. The van der Waals surface area contributed by atoms with Gasteiger partial charge in [0.25, 0.3) is 0 Å². The number of ether oxygens (including phenoxy) is 1. The van der Waals surface area contributed by atoms with Crippen LogP contribution in [0.2, 0.25) is 0 Å². The van der Waals surface area contributed by atoms with E-state index in [-0.39, 0.29) is 0 Å². The van der Waals surface area contributed by atoms with Crippen molar-refractivity contribution < 1.29 is 4.74 Å². The fourth-order valence-electron chi connectivity index (χ4n) is 0.851. The fourth-order valence-corrected chi connectivity index (χ4v) is 1.69. The van der Waals surface area contributed by atoms with Gasteiger partial charge in [-0.25, -0.2) is 0 Å². The van der Waals surface area contributed by atoms with E-state index in [2.05, 4.69) is 21.2 Å². The number of benzene rings is 1. The van der Waals surface area contributed by atoms with Crippen LogP contribution in [0.15, 0.2) is 22.7 Å². The van der Waals surface area contributed by atoms with E-state index < -0.39 is 0 Å². The molecule has 0 atom stereocenters. The third kappa shape index (κ3) is 3.40. The van der Waals surface area contributed by atoms with E-state index in [1.807, 2.05) is 40.8 Å². The van der Waals surface area contributed by atoms with Crippen LogP contribution in [0.3, 0.4) is 0 Å². The third-order valence-corrected chi connectivity index (χ3v) is 2.42. The zero-order chi connectivity index (χ0) is 9.84. The number of hydrogen-bond acceptors (Lipinski definition) is 2. The summed E-state index contributed by atoms with van der Waals surface area (Å²) >= 11 is 10.3. The summed E-state index contributed by atoms with van der Waals surface area (Å²) in [6.45, 7) is 0. The van der Waals surface area contributed by atoms with E-state index in [0.29, 0.717) is 3.00 Å². The number of hydrogen-bond donors (Lipinski definition) is 1. The van der Waals surface area contributed by atoms with Crippen molar-refractivity contribution in [3.05, 3.63) is 22.7 Å². The Labute approximate surface area is 104 Å². The van der Waals surface area contributed by atoms with Crippen LogP contribution in [-0.2, 0) is 0 Å². The maximum absolute atomic E-state index is 5.13. The molecule has 0 aliphatic heterocycles. The van der Waals surface area contributed by atoms with Crippen molar-refractivity contribution in [3.8, 4) is 5.75 Å². The van der Waals surface area contributed by atoms with Gasteiger partial charge < -0.3 is 10.1 Å². The lowest BCUT2D eigenvalue weighted by molar-refractivity contribution is 0.412. The number of anilines is 1. The molecule has 0 aliphatic carbocycles. The first-order valence-electron chi connectivity index (χ1n) is 3.43. The van der Waals surface area contributed by atoms with Gasteiger partial charge in [0, 0.05) is 11.8 Å². The Kier molecular flexibility index (Phi) is 4.40. The van der Waals surface area contributed by atoms with Crippen LogP contribution >= 0.6 is 50.7 Å². The number of methoxy groups -OCH3 is 1. The van der Waals surface area contributed by atoms with Gasteiger partial charge >= 0.3 is 0 Å². The summed E-state index contributed by atoms with van der Waals surface area (Å²) < 4.78 is 6.78. The topological polar surface area (TPSA) is 21.3 Å². The van der Waals surface area contributed by atoms with E-state index in [1.54, 1.807) is 7.11 Å². The van der Waals surface area contributed by atoms with Gasteiger partial charge in [-0.3, -0.25) is 0 Å². The molecule has 0 amide bonds. The summed E-state index contributed by atoms with van der Waals surface area (Å²) in [5.41, 5.74) is 0.930. The van der Waals surface area contributed by atoms with E-state index in [0.717, 1.165) is 15.9 Å². The lowest BCUT2D eigenvalue weighted by Gasteiger charge is -2.06. The zero-order valence-electron chi connectivity index (χ0n) is 6.80. The molecule has 0 radical (unpaired) electrons. The normalized spacial score (nSPS) is 9.46. The minimum atomic E-state index is 0.710.